The van der Waals surface area contributed by atoms with Gasteiger partial charge in [0.2, 0.25) is 0 Å². The van der Waals surface area contributed by atoms with Crippen molar-refractivity contribution in [3.05, 3.63) is 0 Å². The number of hydrazine groups is 1. The summed E-state index contributed by atoms with van der Waals surface area (Å²) in [4.78, 5) is 0. The van der Waals surface area contributed by atoms with Gasteiger partial charge in [-0.25, -0.2) is 10.4 Å². The molecule has 1 rings (SSSR count). The summed E-state index contributed by atoms with van der Waals surface area (Å²) in [5.41, 5.74) is 3.40. The van der Waals surface area contributed by atoms with Crippen molar-refractivity contribution in [1.82, 2.24) is 10.4 Å². The van der Waals surface area contributed by atoms with E-state index in [0.29, 0.717) is 6.04 Å². The molecule has 0 aliphatic carbocycles. The van der Waals surface area contributed by atoms with Crippen molar-refractivity contribution in [2.24, 2.45) is 5.92 Å². The van der Waals surface area contributed by atoms with Crippen LogP contribution in [-0.2, 0) is 4.74 Å². The molecule has 1 N–H and O–H groups in total. The van der Waals surface area contributed by atoms with Crippen molar-refractivity contribution in [2.75, 3.05) is 19.9 Å². The van der Waals surface area contributed by atoms with Crippen LogP contribution in [0.15, 0.2) is 0 Å². The van der Waals surface area contributed by atoms with Crippen molar-refractivity contribution in [1.29, 1.82) is 0 Å². The molecule has 0 bridgehead atoms. The first-order valence-corrected chi connectivity index (χ1v) is 9.68. The van der Waals surface area contributed by atoms with Gasteiger partial charge in [-0.05, 0) is 12.0 Å². The number of rotatable bonds is 6. The van der Waals surface area contributed by atoms with Gasteiger partial charge in [-0.3, -0.25) is 0 Å². The molecule has 1 heterocycles. The molecule has 0 spiro atoms. The Labute approximate surface area is 95.2 Å². The molecular weight excluding hydrogens is 204 g/mol. The quantitative estimate of drug-likeness (QED) is 0.559. The molecule has 1 fully saturated rings. The van der Waals surface area contributed by atoms with E-state index < -0.39 is 8.07 Å². The van der Waals surface area contributed by atoms with Gasteiger partial charge in [0.05, 0.1) is 0 Å². The molecule has 1 aliphatic rings. The fourth-order valence-corrected chi connectivity index (χ4v) is 2.21. The Hall–Kier alpha value is 0.0969. The van der Waals surface area contributed by atoms with Crippen LogP contribution in [0.2, 0.25) is 25.7 Å². The Bertz CT molecular complexity index is 186. The molecule has 1 saturated heterocycles. The van der Waals surface area contributed by atoms with E-state index in [1.54, 1.807) is 0 Å². The Balaban J connectivity index is 1.95. The van der Waals surface area contributed by atoms with Gasteiger partial charge in [0.1, 0.15) is 6.73 Å². The van der Waals surface area contributed by atoms with Crippen molar-refractivity contribution < 1.29 is 4.74 Å². The molecule has 0 radical (unpaired) electrons. The van der Waals surface area contributed by atoms with Crippen molar-refractivity contribution in [3.63, 3.8) is 0 Å². The van der Waals surface area contributed by atoms with E-state index in [1.807, 2.05) is 0 Å². The molecule has 0 aromatic rings. The number of nitrogens with one attached hydrogen (secondary N) is 1. The number of ether oxygens (including phenoxy) is 1. The minimum Gasteiger partial charge on any atom is -0.365 e. The SMILES string of the molecule is CC(C)C1CN(COCC[Si](C)(C)C)N1. The molecule has 3 nitrogen and oxygen atoms in total. The Morgan fingerprint density at radius 2 is 2.00 bits per heavy atom. The number of hydrogen-bond acceptors (Lipinski definition) is 3. The molecule has 1 unspecified atom stereocenters. The molecule has 0 aromatic heterocycles. The zero-order valence-corrected chi connectivity index (χ0v) is 11.8. The van der Waals surface area contributed by atoms with Gasteiger partial charge < -0.3 is 4.74 Å². The van der Waals surface area contributed by atoms with Crippen molar-refractivity contribution in [2.45, 2.75) is 45.6 Å². The molecule has 15 heavy (non-hydrogen) atoms. The Morgan fingerprint density at radius 1 is 1.40 bits per heavy atom. The average molecular weight is 230 g/mol. The first kappa shape index (κ1) is 13.2. The van der Waals surface area contributed by atoms with E-state index in [0.717, 1.165) is 25.8 Å². The van der Waals surface area contributed by atoms with E-state index in [2.05, 4.69) is 43.9 Å². The first-order valence-electron chi connectivity index (χ1n) is 5.97. The van der Waals surface area contributed by atoms with Crippen LogP contribution in [0.25, 0.3) is 0 Å². The second-order valence-corrected chi connectivity index (χ2v) is 11.7. The van der Waals surface area contributed by atoms with Gasteiger partial charge in [-0.15, -0.1) is 0 Å². The lowest BCUT2D eigenvalue weighted by molar-refractivity contribution is -0.0737. The molecule has 0 saturated carbocycles. The number of nitrogens with zero attached hydrogens (tertiary/aromatic N) is 1. The maximum atomic E-state index is 5.64. The normalized spacial score (nSPS) is 23.2. The monoisotopic (exact) mass is 230 g/mol. The number of hydrogen-bond donors (Lipinski definition) is 1. The standard InChI is InChI=1S/C11H26N2OSi/c1-10(2)11-8-13(12-11)9-14-6-7-15(3,4)5/h10-12H,6-9H2,1-5H3. The lowest BCUT2D eigenvalue weighted by atomic mass is 10.0. The van der Waals surface area contributed by atoms with Crippen LogP contribution in [0.1, 0.15) is 13.8 Å². The van der Waals surface area contributed by atoms with E-state index in [9.17, 15) is 0 Å². The molecular formula is C11H26N2OSi. The lowest BCUT2D eigenvalue weighted by Crippen LogP contribution is -2.64. The van der Waals surface area contributed by atoms with Crippen molar-refractivity contribution in [3.8, 4) is 0 Å². The maximum absolute atomic E-state index is 5.64. The van der Waals surface area contributed by atoms with Crippen LogP contribution >= 0.6 is 0 Å². The first-order chi connectivity index (χ1) is 6.88. The second kappa shape index (κ2) is 5.43. The zero-order valence-electron chi connectivity index (χ0n) is 10.8. The van der Waals surface area contributed by atoms with Crippen LogP contribution in [0, 0.1) is 5.92 Å². The zero-order chi connectivity index (χ0) is 11.5. The lowest BCUT2D eigenvalue weighted by Gasteiger charge is -2.42. The molecule has 1 aliphatic heterocycles. The molecule has 1 atom stereocenters. The van der Waals surface area contributed by atoms with E-state index in [-0.39, 0.29) is 0 Å². The Kier molecular flexibility index (Phi) is 4.77. The second-order valence-electron chi connectivity index (χ2n) is 6.05. The van der Waals surface area contributed by atoms with E-state index in [1.165, 1.54) is 6.04 Å². The minimum atomic E-state index is -0.917. The topological polar surface area (TPSA) is 24.5 Å². The minimum absolute atomic E-state index is 0.658. The highest BCUT2D eigenvalue weighted by Crippen LogP contribution is 2.12. The summed E-state index contributed by atoms with van der Waals surface area (Å²) in [5.74, 6) is 0.725. The van der Waals surface area contributed by atoms with Gasteiger partial charge in [-0.1, -0.05) is 33.5 Å². The summed E-state index contributed by atoms with van der Waals surface area (Å²) in [6.45, 7) is 14.4. The fraction of sp³-hybridized carbons (Fsp3) is 1.00. The molecule has 90 valence electrons. The predicted octanol–water partition coefficient (Wildman–Crippen LogP) is 2.14. The van der Waals surface area contributed by atoms with Crippen LogP contribution in [0.4, 0.5) is 0 Å². The van der Waals surface area contributed by atoms with E-state index in [4.69, 9.17) is 4.74 Å². The summed E-state index contributed by atoms with van der Waals surface area (Å²) in [5, 5.41) is 2.16. The maximum Gasteiger partial charge on any atom is 0.112 e. The van der Waals surface area contributed by atoms with Crippen LogP contribution in [-0.4, -0.2) is 39.0 Å². The largest absolute Gasteiger partial charge is 0.365 e. The highest BCUT2D eigenvalue weighted by Gasteiger charge is 2.28. The summed E-state index contributed by atoms with van der Waals surface area (Å²) in [7, 11) is -0.917. The summed E-state index contributed by atoms with van der Waals surface area (Å²) < 4.78 is 5.64. The molecule has 4 heteroatoms. The fourth-order valence-electron chi connectivity index (χ4n) is 1.46. The Morgan fingerprint density at radius 3 is 2.47 bits per heavy atom. The third-order valence-electron chi connectivity index (χ3n) is 2.81. The molecule has 0 aromatic carbocycles. The van der Waals surface area contributed by atoms with Crippen LogP contribution < -0.4 is 5.43 Å². The third kappa shape index (κ3) is 5.11. The van der Waals surface area contributed by atoms with Crippen LogP contribution in [0.5, 0.6) is 0 Å². The smallest absolute Gasteiger partial charge is 0.112 e. The summed E-state index contributed by atoms with van der Waals surface area (Å²) in [6.07, 6.45) is 0. The highest BCUT2D eigenvalue weighted by atomic mass is 28.3. The third-order valence-corrected chi connectivity index (χ3v) is 4.52. The highest BCUT2D eigenvalue weighted by molar-refractivity contribution is 6.76. The van der Waals surface area contributed by atoms with Crippen molar-refractivity contribution >= 4 is 8.07 Å². The van der Waals surface area contributed by atoms with Gasteiger partial charge in [0.15, 0.2) is 0 Å². The summed E-state index contributed by atoms with van der Waals surface area (Å²) >= 11 is 0. The van der Waals surface area contributed by atoms with Gasteiger partial charge in [0.25, 0.3) is 0 Å². The van der Waals surface area contributed by atoms with Gasteiger partial charge >= 0.3 is 0 Å². The van der Waals surface area contributed by atoms with E-state index >= 15 is 0 Å². The molecule has 0 amide bonds. The average Bonchev–Trinajstić information content (AvgIpc) is 1.97. The van der Waals surface area contributed by atoms with Gasteiger partial charge in [-0.2, -0.15) is 0 Å². The van der Waals surface area contributed by atoms with Gasteiger partial charge in [0, 0.05) is 27.3 Å². The predicted molar refractivity (Wildman–Crippen MR) is 67.4 cm³/mol. The summed E-state index contributed by atoms with van der Waals surface area (Å²) in [6, 6.07) is 1.92. The van der Waals surface area contributed by atoms with Crippen LogP contribution in [0.3, 0.4) is 0 Å².